The Kier molecular flexibility index (Phi) is 5.33. The third kappa shape index (κ3) is 3.71. The van der Waals surface area contributed by atoms with Crippen molar-refractivity contribution in [3.8, 4) is 0 Å². The Morgan fingerprint density at radius 1 is 1.25 bits per heavy atom. The maximum Gasteiger partial charge on any atom is 0.238 e. The molecule has 0 aromatic heterocycles. The number of carbonyl (C=O) groups excluding carboxylic acids is 1. The van der Waals surface area contributed by atoms with Gasteiger partial charge < -0.3 is 20.6 Å². The van der Waals surface area contributed by atoms with Crippen LogP contribution < -0.4 is 5.32 Å². The van der Waals surface area contributed by atoms with Crippen LogP contribution in [0.2, 0.25) is 0 Å². The minimum atomic E-state index is -3.56. The van der Waals surface area contributed by atoms with Gasteiger partial charge in [-0.05, 0) is 6.92 Å². The molecular weight excluding hydrogens is 238 g/mol. The van der Waals surface area contributed by atoms with Crippen molar-refractivity contribution in [2.45, 2.75) is 17.7 Å². The summed E-state index contributed by atoms with van der Waals surface area (Å²) in [6.45, 7) is -0.895. The number of amides is 1. The largest absolute Gasteiger partial charge is 0.394 e. The minimum absolute atomic E-state index is 0.692. The topological polar surface area (TPSA) is 124 Å². The fraction of sp³-hybridized carbons (Fsp3) is 0.875. The van der Waals surface area contributed by atoms with Crippen LogP contribution in [0.25, 0.3) is 0 Å². The molecule has 1 atom stereocenters. The van der Waals surface area contributed by atoms with E-state index in [0.717, 1.165) is 6.26 Å². The number of nitrogens with one attached hydrogen (secondary N) is 1. The molecule has 0 aliphatic rings. The maximum atomic E-state index is 11.5. The van der Waals surface area contributed by atoms with E-state index in [9.17, 15) is 13.2 Å². The summed E-state index contributed by atoms with van der Waals surface area (Å²) in [5.41, 5.74) is -1.60. The van der Waals surface area contributed by atoms with Crippen molar-refractivity contribution in [1.29, 1.82) is 0 Å². The highest BCUT2D eigenvalue weighted by molar-refractivity contribution is 7.92. The molecule has 0 aliphatic heterocycles. The molecule has 0 aromatic carbocycles. The van der Waals surface area contributed by atoms with Gasteiger partial charge in [-0.1, -0.05) is 0 Å². The van der Waals surface area contributed by atoms with Crippen molar-refractivity contribution < 1.29 is 28.5 Å². The molecular formula is C8H17NO6S. The van der Waals surface area contributed by atoms with Gasteiger partial charge in [-0.25, -0.2) is 8.42 Å². The zero-order valence-corrected chi connectivity index (χ0v) is 9.99. The summed E-state index contributed by atoms with van der Waals surface area (Å²) in [5.74, 6) is -0.875. The Bertz CT molecular complexity index is 326. The van der Waals surface area contributed by atoms with Gasteiger partial charge >= 0.3 is 0 Å². The normalized spacial score (nSPS) is 14.6. The lowest BCUT2D eigenvalue weighted by atomic mass is 10.0. The first kappa shape index (κ1) is 15.3. The van der Waals surface area contributed by atoms with Crippen LogP contribution >= 0.6 is 0 Å². The smallest absolute Gasteiger partial charge is 0.238 e. The van der Waals surface area contributed by atoms with E-state index in [4.69, 9.17) is 15.3 Å². The summed E-state index contributed by atoms with van der Waals surface area (Å²) >= 11 is 0. The van der Waals surface area contributed by atoms with E-state index in [1.54, 1.807) is 0 Å². The van der Waals surface area contributed by atoms with E-state index in [-0.39, 0.29) is 0 Å². The van der Waals surface area contributed by atoms with Crippen LogP contribution in [0.5, 0.6) is 0 Å². The molecule has 0 saturated heterocycles. The monoisotopic (exact) mass is 255 g/mol. The lowest BCUT2D eigenvalue weighted by Gasteiger charge is -2.29. The van der Waals surface area contributed by atoms with Gasteiger partial charge in [0.25, 0.3) is 0 Å². The van der Waals surface area contributed by atoms with Crippen LogP contribution in [-0.2, 0) is 14.6 Å². The van der Waals surface area contributed by atoms with Crippen LogP contribution in [0.4, 0.5) is 0 Å². The first-order chi connectivity index (χ1) is 7.22. The molecule has 7 nitrogen and oxygen atoms in total. The molecule has 0 aliphatic carbocycles. The first-order valence-electron chi connectivity index (χ1n) is 4.56. The highest BCUT2D eigenvalue weighted by Gasteiger charge is 2.34. The second-order valence-electron chi connectivity index (χ2n) is 3.72. The zero-order valence-electron chi connectivity index (χ0n) is 9.17. The number of hydrogen-bond acceptors (Lipinski definition) is 6. The number of hydrogen-bond donors (Lipinski definition) is 4. The van der Waals surface area contributed by atoms with Crippen molar-refractivity contribution in [3.63, 3.8) is 0 Å². The lowest BCUT2D eigenvalue weighted by molar-refractivity contribution is -0.124. The van der Waals surface area contributed by atoms with Crippen LogP contribution in [0, 0.1) is 0 Å². The second kappa shape index (κ2) is 5.58. The van der Waals surface area contributed by atoms with Crippen LogP contribution in [-0.4, -0.2) is 66.5 Å². The highest BCUT2D eigenvalue weighted by Crippen LogP contribution is 2.05. The van der Waals surface area contributed by atoms with Gasteiger partial charge in [0.15, 0.2) is 9.84 Å². The molecule has 0 spiro atoms. The van der Waals surface area contributed by atoms with Gasteiger partial charge in [-0.3, -0.25) is 4.79 Å². The van der Waals surface area contributed by atoms with Crippen molar-refractivity contribution in [1.82, 2.24) is 5.32 Å². The van der Waals surface area contributed by atoms with Crippen LogP contribution in [0.3, 0.4) is 0 Å². The molecule has 96 valence electrons. The fourth-order valence-electron chi connectivity index (χ4n) is 0.826. The molecule has 4 N–H and O–H groups in total. The zero-order chi connectivity index (χ0) is 13.0. The molecule has 1 amide bonds. The van der Waals surface area contributed by atoms with Crippen LogP contribution in [0.15, 0.2) is 0 Å². The Labute approximate surface area is 94.0 Å². The van der Waals surface area contributed by atoms with Crippen molar-refractivity contribution in [2.75, 3.05) is 26.1 Å². The molecule has 0 aromatic rings. The standard InChI is InChI=1S/C8H17NO6S/c1-6(16(2,14)15)7(13)9-8(3-10,4-11)5-12/h6,10-12H,3-5H2,1-2H3,(H,9,13). The summed E-state index contributed by atoms with van der Waals surface area (Å²) in [7, 11) is -3.56. The van der Waals surface area contributed by atoms with Gasteiger partial charge in [0.1, 0.15) is 10.8 Å². The molecule has 0 heterocycles. The summed E-state index contributed by atoms with van der Waals surface area (Å²) in [6, 6.07) is 0. The lowest BCUT2D eigenvalue weighted by Crippen LogP contribution is -2.59. The number of sulfone groups is 1. The predicted octanol–water partition coefficient (Wildman–Crippen LogP) is -2.75. The average Bonchev–Trinajstić information content (AvgIpc) is 2.23. The van der Waals surface area contributed by atoms with Gasteiger partial charge in [0, 0.05) is 6.26 Å². The Morgan fingerprint density at radius 2 is 1.62 bits per heavy atom. The second-order valence-corrected chi connectivity index (χ2v) is 6.08. The van der Waals surface area contributed by atoms with Crippen molar-refractivity contribution >= 4 is 15.7 Å². The summed E-state index contributed by atoms with van der Waals surface area (Å²) in [4.78, 5) is 11.5. The van der Waals surface area contributed by atoms with E-state index in [2.05, 4.69) is 5.32 Å². The van der Waals surface area contributed by atoms with Gasteiger partial charge in [-0.2, -0.15) is 0 Å². The number of carbonyl (C=O) groups is 1. The van der Waals surface area contributed by atoms with E-state index >= 15 is 0 Å². The SMILES string of the molecule is CC(C(=O)NC(CO)(CO)CO)S(C)(=O)=O. The van der Waals surface area contributed by atoms with Crippen molar-refractivity contribution in [2.24, 2.45) is 0 Å². The maximum absolute atomic E-state index is 11.5. The molecule has 0 rings (SSSR count). The molecule has 0 saturated carbocycles. The van der Waals surface area contributed by atoms with Gasteiger partial charge in [0.2, 0.25) is 5.91 Å². The third-order valence-corrected chi connectivity index (χ3v) is 3.81. The van der Waals surface area contributed by atoms with Crippen molar-refractivity contribution in [3.05, 3.63) is 0 Å². The highest BCUT2D eigenvalue weighted by atomic mass is 32.2. The molecule has 16 heavy (non-hydrogen) atoms. The van der Waals surface area contributed by atoms with E-state index in [1.807, 2.05) is 0 Å². The average molecular weight is 255 g/mol. The Hall–Kier alpha value is -0.700. The molecule has 0 fully saturated rings. The Morgan fingerprint density at radius 3 is 1.88 bits per heavy atom. The first-order valence-corrected chi connectivity index (χ1v) is 6.51. The Balaban J connectivity index is 4.79. The fourth-order valence-corrected chi connectivity index (χ4v) is 1.27. The van der Waals surface area contributed by atoms with E-state index < -0.39 is 46.4 Å². The van der Waals surface area contributed by atoms with Gasteiger partial charge in [0.05, 0.1) is 19.8 Å². The van der Waals surface area contributed by atoms with Gasteiger partial charge in [-0.15, -0.1) is 0 Å². The summed E-state index contributed by atoms with van der Waals surface area (Å²) < 4.78 is 22.2. The third-order valence-electron chi connectivity index (χ3n) is 2.31. The summed E-state index contributed by atoms with van der Waals surface area (Å²) in [5, 5.41) is 27.6. The minimum Gasteiger partial charge on any atom is -0.394 e. The molecule has 0 radical (unpaired) electrons. The summed E-state index contributed by atoms with van der Waals surface area (Å²) in [6.07, 6.45) is 0.899. The quantitative estimate of drug-likeness (QED) is 0.408. The number of aliphatic hydroxyl groups excluding tert-OH is 3. The molecule has 1 unspecified atom stereocenters. The van der Waals surface area contributed by atoms with E-state index in [0.29, 0.717) is 0 Å². The molecule has 0 bridgehead atoms. The predicted molar refractivity (Wildman–Crippen MR) is 56.4 cm³/mol. The number of aliphatic hydroxyl groups is 3. The number of rotatable bonds is 6. The van der Waals surface area contributed by atoms with Crippen LogP contribution in [0.1, 0.15) is 6.92 Å². The van der Waals surface area contributed by atoms with E-state index in [1.165, 1.54) is 6.92 Å². The molecule has 8 heteroatoms.